The van der Waals surface area contributed by atoms with Gasteiger partial charge in [-0.2, -0.15) is 0 Å². The van der Waals surface area contributed by atoms with Crippen LogP contribution in [0.15, 0.2) is 24.8 Å². The van der Waals surface area contributed by atoms with Gasteiger partial charge in [0.05, 0.1) is 37.7 Å². The smallest absolute Gasteiger partial charge is 0.366 e. The largest absolute Gasteiger partial charge is 0.465 e. The van der Waals surface area contributed by atoms with Crippen LogP contribution in [0.5, 0.6) is 0 Å². The fourth-order valence-corrected chi connectivity index (χ4v) is 2.78. The second kappa shape index (κ2) is 10.0. The molecule has 0 aliphatic carbocycles. The number of carbonyl (C=O) groups excluding carboxylic acids is 1. The Labute approximate surface area is 163 Å². The Hall–Kier alpha value is -1.67. The lowest BCUT2D eigenvalue weighted by atomic mass is 10.0. The predicted octanol–water partition coefficient (Wildman–Crippen LogP) is 3.69. The molecule has 1 heterocycles. The molecule has 1 saturated heterocycles. The molecule has 0 unspecified atom stereocenters. The summed E-state index contributed by atoms with van der Waals surface area (Å²) in [5.41, 5.74) is 3.90. The van der Waals surface area contributed by atoms with E-state index >= 15 is 0 Å². The summed E-state index contributed by atoms with van der Waals surface area (Å²) in [6.45, 7) is 6.79. The number of unbranched alkanes of at least 4 members (excludes halogenated alkanes) is 1. The van der Waals surface area contributed by atoms with Crippen molar-refractivity contribution in [2.24, 2.45) is 5.92 Å². The lowest BCUT2D eigenvalue weighted by Crippen LogP contribution is -2.48. The van der Waals surface area contributed by atoms with E-state index in [0.717, 1.165) is 19.3 Å². The second-order valence-electron chi connectivity index (χ2n) is 6.48. The van der Waals surface area contributed by atoms with Crippen molar-refractivity contribution in [2.75, 3.05) is 26.9 Å². The van der Waals surface area contributed by atoms with Gasteiger partial charge in [-0.15, -0.1) is 0 Å². The van der Waals surface area contributed by atoms with Gasteiger partial charge in [-0.05, 0) is 31.0 Å². The molecular formula is C19H25ClFNO5. The Bertz CT molecular complexity index is 662. The average molecular weight is 402 g/mol. The third kappa shape index (κ3) is 6.17. The molecule has 1 aliphatic heterocycles. The van der Waals surface area contributed by atoms with Gasteiger partial charge in [0.1, 0.15) is 5.82 Å². The van der Waals surface area contributed by atoms with Gasteiger partial charge in [-0.25, -0.2) is 9.18 Å². The molecule has 150 valence electrons. The summed E-state index contributed by atoms with van der Waals surface area (Å²) in [6, 6.07) is 4.34. The summed E-state index contributed by atoms with van der Waals surface area (Å²) in [5.74, 6) is -2.08. The van der Waals surface area contributed by atoms with Crippen LogP contribution in [0.3, 0.4) is 0 Å². The highest BCUT2D eigenvalue weighted by Crippen LogP contribution is 2.25. The quantitative estimate of drug-likeness (QED) is 0.386. The number of hydrogen-bond donors (Lipinski definition) is 1. The van der Waals surface area contributed by atoms with Crippen molar-refractivity contribution in [3.05, 3.63) is 41.2 Å². The number of nitrogens with one attached hydrogen (secondary N) is 1. The maximum Gasteiger partial charge on any atom is 0.366 e. The van der Waals surface area contributed by atoms with Crippen LogP contribution in [0.4, 0.5) is 4.39 Å². The molecule has 0 aromatic heterocycles. The van der Waals surface area contributed by atoms with Crippen LogP contribution < -0.4 is 5.48 Å². The molecular weight excluding hydrogens is 377 g/mol. The first-order valence-corrected chi connectivity index (χ1v) is 9.12. The van der Waals surface area contributed by atoms with Crippen LogP contribution in [0.2, 0.25) is 5.02 Å². The lowest BCUT2D eigenvalue weighted by molar-refractivity contribution is -0.272. The van der Waals surface area contributed by atoms with Gasteiger partial charge in [0, 0.05) is 18.4 Å². The van der Waals surface area contributed by atoms with E-state index in [2.05, 4.69) is 16.8 Å². The summed E-state index contributed by atoms with van der Waals surface area (Å²) in [4.78, 5) is 17.0. The Morgan fingerprint density at radius 1 is 1.41 bits per heavy atom. The predicted molar refractivity (Wildman–Crippen MR) is 99.2 cm³/mol. The van der Waals surface area contributed by atoms with Crippen molar-refractivity contribution < 1.29 is 28.2 Å². The minimum atomic E-state index is -1.30. The van der Waals surface area contributed by atoms with Crippen LogP contribution >= 0.6 is 11.6 Å². The lowest BCUT2D eigenvalue weighted by Gasteiger charge is -2.35. The van der Waals surface area contributed by atoms with E-state index in [1.165, 1.54) is 19.2 Å². The molecule has 27 heavy (non-hydrogen) atoms. The molecule has 0 spiro atoms. The fourth-order valence-electron chi connectivity index (χ4n) is 2.60. The zero-order valence-corrected chi connectivity index (χ0v) is 16.3. The molecule has 8 heteroatoms. The average Bonchev–Trinajstić information content (AvgIpc) is 2.67. The molecule has 0 bridgehead atoms. The van der Waals surface area contributed by atoms with Crippen LogP contribution in [0, 0.1) is 11.7 Å². The van der Waals surface area contributed by atoms with Crippen LogP contribution in [-0.2, 0) is 23.8 Å². The Morgan fingerprint density at radius 2 is 2.11 bits per heavy atom. The highest BCUT2D eigenvalue weighted by atomic mass is 35.5. The molecule has 1 aromatic carbocycles. The molecule has 1 N–H and O–H groups in total. The summed E-state index contributed by atoms with van der Waals surface area (Å²) in [6.07, 6.45) is 2.65. The molecule has 0 radical (unpaired) electrons. The summed E-state index contributed by atoms with van der Waals surface area (Å²) < 4.78 is 28.9. The zero-order valence-electron chi connectivity index (χ0n) is 15.6. The molecule has 6 nitrogen and oxygen atoms in total. The van der Waals surface area contributed by atoms with Gasteiger partial charge in [0.25, 0.3) is 5.79 Å². The molecule has 1 fully saturated rings. The number of methoxy groups -OCH3 is 1. The highest BCUT2D eigenvalue weighted by Gasteiger charge is 2.41. The molecule has 1 aromatic rings. The number of rotatable bonds is 9. The minimum Gasteiger partial charge on any atom is -0.465 e. The van der Waals surface area contributed by atoms with Crippen molar-refractivity contribution in [2.45, 2.75) is 32.0 Å². The molecule has 0 atom stereocenters. The van der Waals surface area contributed by atoms with E-state index in [0.29, 0.717) is 31.1 Å². The third-order valence-electron chi connectivity index (χ3n) is 4.32. The van der Waals surface area contributed by atoms with Gasteiger partial charge in [0.2, 0.25) is 0 Å². The monoisotopic (exact) mass is 401 g/mol. The number of hydroxylamine groups is 1. The van der Waals surface area contributed by atoms with E-state index < -0.39 is 17.6 Å². The summed E-state index contributed by atoms with van der Waals surface area (Å²) in [7, 11) is 1.31. The van der Waals surface area contributed by atoms with Crippen LogP contribution in [0.1, 0.15) is 31.7 Å². The normalized spacial score (nSPS) is 22.3. The topological polar surface area (TPSA) is 66.0 Å². The van der Waals surface area contributed by atoms with E-state index in [-0.39, 0.29) is 10.9 Å². The van der Waals surface area contributed by atoms with Crippen molar-refractivity contribution in [3.8, 4) is 0 Å². The Balaban J connectivity index is 1.58. The first-order chi connectivity index (χ1) is 12.9. The van der Waals surface area contributed by atoms with Crippen LogP contribution in [-0.4, -0.2) is 38.7 Å². The first kappa shape index (κ1) is 21.6. The summed E-state index contributed by atoms with van der Waals surface area (Å²) in [5, 5.41) is 0.0377. The number of halogens is 2. The van der Waals surface area contributed by atoms with E-state index in [4.69, 9.17) is 25.9 Å². The van der Waals surface area contributed by atoms with Crippen LogP contribution in [0.25, 0.3) is 5.70 Å². The molecule has 2 rings (SSSR count). The molecule has 0 amide bonds. The van der Waals surface area contributed by atoms with E-state index in [1.807, 2.05) is 0 Å². The van der Waals surface area contributed by atoms with Crippen molar-refractivity contribution in [1.29, 1.82) is 0 Å². The van der Waals surface area contributed by atoms with Gasteiger partial charge < -0.3 is 14.2 Å². The van der Waals surface area contributed by atoms with Gasteiger partial charge in [-0.3, -0.25) is 10.3 Å². The van der Waals surface area contributed by atoms with Crippen molar-refractivity contribution in [3.63, 3.8) is 0 Å². The van der Waals surface area contributed by atoms with Crippen molar-refractivity contribution >= 4 is 23.3 Å². The summed E-state index contributed by atoms with van der Waals surface area (Å²) >= 11 is 5.75. The Morgan fingerprint density at radius 3 is 2.74 bits per heavy atom. The van der Waals surface area contributed by atoms with Gasteiger partial charge in [0.15, 0.2) is 0 Å². The van der Waals surface area contributed by atoms with Gasteiger partial charge in [-0.1, -0.05) is 24.6 Å². The number of carbonyl (C=O) groups is 1. The molecule has 0 saturated carbocycles. The Kier molecular flexibility index (Phi) is 8.04. The standard InChI is InChI=1S/C19H25ClFNO5/c1-13(15-7-8-17(21)16(20)10-15)22-27-9-5-4-6-14-11-25-19(2,26-12-14)18(23)24-3/h7-8,10,14,22H,1,4-6,9,11-12H2,2-3H3. The SMILES string of the molecule is C=C(NOCCCCC1COC(C)(C(=O)OC)OC1)c1ccc(F)c(Cl)c1. The first-order valence-electron chi connectivity index (χ1n) is 8.74. The highest BCUT2D eigenvalue weighted by molar-refractivity contribution is 6.30. The second-order valence-corrected chi connectivity index (χ2v) is 6.89. The molecule has 1 aliphatic rings. The maximum absolute atomic E-state index is 13.2. The van der Waals surface area contributed by atoms with Crippen molar-refractivity contribution in [1.82, 2.24) is 5.48 Å². The fraction of sp³-hybridized carbons (Fsp3) is 0.526. The third-order valence-corrected chi connectivity index (χ3v) is 4.61. The number of esters is 1. The van der Waals surface area contributed by atoms with Gasteiger partial charge >= 0.3 is 5.97 Å². The minimum absolute atomic E-state index is 0.0377. The van der Waals surface area contributed by atoms with E-state index in [9.17, 15) is 9.18 Å². The number of ether oxygens (including phenoxy) is 3. The van der Waals surface area contributed by atoms with E-state index in [1.54, 1.807) is 13.0 Å². The number of benzene rings is 1. The zero-order chi connectivity index (χ0) is 19.9. The maximum atomic E-state index is 13.2. The number of hydrogen-bond acceptors (Lipinski definition) is 6.